The third-order valence-corrected chi connectivity index (χ3v) is 9.90. The summed E-state index contributed by atoms with van der Waals surface area (Å²) in [6.07, 6.45) is 0. The van der Waals surface area contributed by atoms with E-state index < -0.39 is 0 Å². The monoisotopic (exact) mass is 610 g/mol. The fourth-order valence-corrected chi connectivity index (χ4v) is 7.36. The van der Waals surface area contributed by atoms with Crippen LogP contribution in [0.25, 0.3) is 0 Å². The van der Waals surface area contributed by atoms with Crippen molar-refractivity contribution in [2.24, 2.45) is 0 Å². The van der Waals surface area contributed by atoms with Crippen molar-refractivity contribution in [2.75, 3.05) is 54.0 Å². The van der Waals surface area contributed by atoms with E-state index in [0.29, 0.717) is 35.5 Å². The zero-order chi connectivity index (χ0) is 33.0. The highest BCUT2D eigenvalue weighted by atomic mass is 15.3. The average molecular weight is 610 g/mol. The topological polar surface area (TPSA) is 9.72 Å². The molecule has 1 saturated heterocycles. The summed E-state index contributed by atoms with van der Waals surface area (Å²) in [5.74, 6) is 2.84. The van der Waals surface area contributed by atoms with E-state index in [9.17, 15) is 0 Å². The molecular weight excluding hydrogens is 546 g/mol. The van der Waals surface area contributed by atoms with E-state index in [0.717, 1.165) is 39.3 Å². The first-order chi connectivity index (χ1) is 21.3. The van der Waals surface area contributed by atoms with Gasteiger partial charge in [-0.1, -0.05) is 138 Å². The maximum absolute atomic E-state index is 2.76. The molecule has 0 spiro atoms. The van der Waals surface area contributed by atoms with E-state index >= 15 is 0 Å². The quantitative estimate of drug-likeness (QED) is 0.239. The normalized spacial score (nSPS) is 15.2. The van der Waals surface area contributed by atoms with Crippen molar-refractivity contribution in [3.05, 3.63) is 88.0 Å². The minimum Gasteiger partial charge on any atom is -0.368 e. The van der Waals surface area contributed by atoms with E-state index in [4.69, 9.17) is 0 Å². The molecule has 1 aliphatic heterocycles. The van der Waals surface area contributed by atoms with E-state index in [-0.39, 0.29) is 0 Å². The highest BCUT2D eigenvalue weighted by Crippen LogP contribution is 2.40. The maximum Gasteiger partial charge on any atom is 0.0437 e. The van der Waals surface area contributed by atoms with Gasteiger partial charge >= 0.3 is 0 Å². The molecule has 0 aliphatic carbocycles. The van der Waals surface area contributed by atoms with Gasteiger partial charge in [-0.05, 0) is 68.9 Å². The molecule has 246 valence electrons. The highest BCUT2D eigenvalue weighted by molar-refractivity contribution is 5.67. The number of benzene rings is 3. The Morgan fingerprint density at radius 2 is 0.467 bits per heavy atom. The SMILES string of the molecule is CC(C)c1cccc(C(C)C)c1N1CCN(c2c(C(C)C)cccc2C(C)C)CCN(c2c(C(C)C)cccc2C(C)C)CC1. The number of para-hydroxylation sites is 3. The molecule has 4 rings (SSSR count). The summed E-state index contributed by atoms with van der Waals surface area (Å²) < 4.78 is 0. The summed E-state index contributed by atoms with van der Waals surface area (Å²) in [4.78, 5) is 8.28. The molecule has 1 heterocycles. The summed E-state index contributed by atoms with van der Waals surface area (Å²) in [5.41, 5.74) is 13.3. The molecular formula is C42H63N3. The minimum atomic E-state index is 0.474. The van der Waals surface area contributed by atoms with Crippen molar-refractivity contribution >= 4 is 17.1 Å². The third kappa shape index (κ3) is 7.72. The zero-order valence-corrected chi connectivity index (χ0v) is 30.7. The molecule has 0 unspecified atom stereocenters. The van der Waals surface area contributed by atoms with Gasteiger partial charge in [0, 0.05) is 56.3 Å². The molecule has 0 N–H and O–H groups in total. The molecule has 3 nitrogen and oxygen atoms in total. The molecule has 0 aromatic heterocycles. The Kier molecular flexibility index (Phi) is 11.7. The molecule has 1 aliphatic rings. The fourth-order valence-electron chi connectivity index (χ4n) is 7.36. The second-order valence-corrected chi connectivity index (χ2v) is 15.2. The number of anilines is 3. The molecule has 0 radical (unpaired) electrons. The Morgan fingerprint density at radius 1 is 0.311 bits per heavy atom. The van der Waals surface area contributed by atoms with Crippen molar-refractivity contribution in [1.29, 1.82) is 0 Å². The summed E-state index contributed by atoms with van der Waals surface area (Å²) in [6, 6.07) is 21.1. The molecule has 0 atom stereocenters. The Labute approximate surface area is 277 Å². The van der Waals surface area contributed by atoms with Gasteiger partial charge in [0.15, 0.2) is 0 Å². The molecule has 0 amide bonds. The van der Waals surface area contributed by atoms with Crippen LogP contribution in [0.5, 0.6) is 0 Å². The molecule has 3 heteroatoms. The second kappa shape index (κ2) is 15.1. The van der Waals surface area contributed by atoms with Crippen LogP contribution in [-0.4, -0.2) is 39.3 Å². The Hall–Kier alpha value is -2.94. The summed E-state index contributed by atoms with van der Waals surface area (Å²) in [6.45, 7) is 34.4. The molecule has 3 aromatic carbocycles. The Morgan fingerprint density at radius 3 is 0.600 bits per heavy atom. The van der Waals surface area contributed by atoms with E-state index in [1.54, 1.807) is 0 Å². The molecule has 0 saturated carbocycles. The smallest absolute Gasteiger partial charge is 0.0437 e. The van der Waals surface area contributed by atoms with E-state index in [2.05, 4.69) is 152 Å². The molecule has 1 fully saturated rings. The largest absolute Gasteiger partial charge is 0.368 e. The van der Waals surface area contributed by atoms with Gasteiger partial charge in [0.2, 0.25) is 0 Å². The predicted octanol–water partition coefficient (Wildman–Crippen LogP) is 11.3. The van der Waals surface area contributed by atoms with Crippen molar-refractivity contribution in [3.63, 3.8) is 0 Å². The van der Waals surface area contributed by atoms with Crippen molar-refractivity contribution < 1.29 is 0 Å². The van der Waals surface area contributed by atoms with Gasteiger partial charge in [-0.15, -0.1) is 0 Å². The number of rotatable bonds is 9. The molecule has 3 aromatic rings. The lowest BCUT2D eigenvalue weighted by molar-refractivity contribution is 0.726. The summed E-state index contributed by atoms with van der Waals surface area (Å²) >= 11 is 0. The average Bonchev–Trinajstić information content (AvgIpc) is 3.10. The second-order valence-electron chi connectivity index (χ2n) is 15.2. The lowest BCUT2D eigenvalue weighted by Gasteiger charge is -2.35. The van der Waals surface area contributed by atoms with Crippen LogP contribution in [-0.2, 0) is 0 Å². The van der Waals surface area contributed by atoms with Crippen molar-refractivity contribution in [2.45, 2.75) is 119 Å². The first-order valence-corrected chi connectivity index (χ1v) is 18.0. The predicted molar refractivity (Wildman–Crippen MR) is 200 cm³/mol. The van der Waals surface area contributed by atoms with Gasteiger partial charge in [0.05, 0.1) is 0 Å². The van der Waals surface area contributed by atoms with Gasteiger partial charge in [0.1, 0.15) is 0 Å². The first kappa shape index (κ1) is 34.9. The van der Waals surface area contributed by atoms with Crippen LogP contribution in [0.1, 0.15) is 152 Å². The summed E-state index contributed by atoms with van der Waals surface area (Å²) in [5, 5.41) is 0. The van der Waals surface area contributed by atoms with Crippen LogP contribution >= 0.6 is 0 Å². The highest BCUT2D eigenvalue weighted by Gasteiger charge is 2.27. The number of hydrogen-bond donors (Lipinski definition) is 0. The molecule has 45 heavy (non-hydrogen) atoms. The van der Waals surface area contributed by atoms with Crippen LogP contribution in [0.15, 0.2) is 54.6 Å². The van der Waals surface area contributed by atoms with Gasteiger partial charge in [-0.2, -0.15) is 0 Å². The van der Waals surface area contributed by atoms with Crippen molar-refractivity contribution in [3.8, 4) is 0 Å². The van der Waals surface area contributed by atoms with Crippen molar-refractivity contribution in [1.82, 2.24) is 0 Å². The number of nitrogens with zero attached hydrogens (tertiary/aromatic N) is 3. The van der Waals surface area contributed by atoms with Gasteiger partial charge in [-0.25, -0.2) is 0 Å². The number of hydrogen-bond acceptors (Lipinski definition) is 3. The standard InChI is InChI=1S/C42H63N3/c1-28(2)34-16-13-17-35(29(3)4)40(34)43-22-24-44(41-36(30(5)6)18-14-19-37(41)31(7)8)26-27-45(25-23-43)42-38(32(9)10)20-15-21-39(42)33(11)12/h13-21,28-33H,22-27H2,1-12H3. The van der Waals surface area contributed by atoms with E-state index in [1.165, 1.54) is 50.4 Å². The molecule has 0 bridgehead atoms. The maximum atomic E-state index is 2.76. The van der Waals surface area contributed by atoms with E-state index in [1.807, 2.05) is 0 Å². The minimum absolute atomic E-state index is 0.474. The van der Waals surface area contributed by atoms with Crippen LogP contribution in [0.4, 0.5) is 17.1 Å². The van der Waals surface area contributed by atoms with Gasteiger partial charge < -0.3 is 14.7 Å². The van der Waals surface area contributed by atoms with Crippen LogP contribution in [0.2, 0.25) is 0 Å². The van der Waals surface area contributed by atoms with Crippen LogP contribution in [0, 0.1) is 0 Å². The Bertz CT molecular complexity index is 1140. The Balaban J connectivity index is 1.93. The summed E-state index contributed by atoms with van der Waals surface area (Å²) in [7, 11) is 0. The lowest BCUT2D eigenvalue weighted by Crippen LogP contribution is -2.38. The first-order valence-electron chi connectivity index (χ1n) is 18.0. The fraction of sp³-hybridized carbons (Fsp3) is 0.571. The van der Waals surface area contributed by atoms with Crippen LogP contribution in [0.3, 0.4) is 0 Å². The van der Waals surface area contributed by atoms with Gasteiger partial charge in [-0.3, -0.25) is 0 Å². The third-order valence-electron chi connectivity index (χ3n) is 9.90. The van der Waals surface area contributed by atoms with Crippen LogP contribution < -0.4 is 14.7 Å². The van der Waals surface area contributed by atoms with Gasteiger partial charge in [0.25, 0.3) is 0 Å². The lowest BCUT2D eigenvalue weighted by atomic mass is 9.91. The zero-order valence-electron chi connectivity index (χ0n) is 30.7.